The van der Waals surface area contributed by atoms with Gasteiger partial charge in [0.25, 0.3) is 5.91 Å². The van der Waals surface area contributed by atoms with E-state index in [-0.39, 0.29) is 12.5 Å². The molecule has 7 heteroatoms. The fourth-order valence-corrected chi connectivity index (χ4v) is 3.00. The SMILES string of the molecule is COc1cc(C#N)ccc1OCC(=O)Nc1ccc(-c2nc3ccccc3[nH]2)cc1. The highest BCUT2D eigenvalue weighted by Gasteiger charge is 2.10. The van der Waals surface area contributed by atoms with Crippen LogP contribution in [0, 0.1) is 11.3 Å². The normalized spacial score (nSPS) is 10.4. The second-order valence-corrected chi connectivity index (χ2v) is 6.49. The predicted molar refractivity (Wildman–Crippen MR) is 113 cm³/mol. The van der Waals surface area contributed by atoms with E-state index in [1.54, 1.807) is 18.2 Å². The van der Waals surface area contributed by atoms with Crippen molar-refractivity contribution in [3.8, 4) is 29.0 Å². The Morgan fingerprint density at radius 2 is 1.90 bits per heavy atom. The third-order valence-electron chi connectivity index (χ3n) is 4.48. The fourth-order valence-electron chi connectivity index (χ4n) is 3.00. The van der Waals surface area contributed by atoms with E-state index in [4.69, 9.17) is 14.7 Å². The Morgan fingerprint density at radius 1 is 1.10 bits per heavy atom. The maximum atomic E-state index is 12.2. The number of hydrogen-bond acceptors (Lipinski definition) is 5. The molecule has 0 atom stereocenters. The highest BCUT2D eigenvalue weighted by atomic mass is 16.5. The van der Waals surface area contributed by atoms with Crippen LogP contribution in [0.4, 0.5) is 5.69 Å². The van der Waals surface area contributed by atoms with Crippen molar-refractivity contribution >= 4 is 22.6 Å². The first-order valence-corrected chi connectivity index (χ1v) is 9.22. The summed E-state index contributed by atoms with van der Waals surface area (Å²) in [6.07, 6.45) is 0. The molecule has 2 N–H and O–H groups in total. The summed E-state index contributed by atoms with van der Waals surface area (Å²) in [6.45, 7) is -0.187. The monoisotopic (exact) mass is 398 g/mol. The first-order chi connectivity index (χ1) is 14.7. The van der Waals surface area contributed by atoms with Gasteiger partial charge in [0.2, 0.25) is 0 Å². The van der Waals surface area contributed by atoms with Crippen molar-refractivity contribution in [2.75, 3.05) is 19.0 Å². The van der Waals surface area contributed by atoms with Crippen LogP contribution < -0.4 is 14.8 Å². The lowest BCUT2D eigenvalue weighted by atomic mass is 10.2. The molecule has 1 heterocycles. The predicted octanol–water partition coefficient (Wildman–Crippen LogP) is 4.13. The van der Waals surface area contributed by atoms with Crippen molar-refractivity contribution in [1.82, 2.24) is 9.97 Å². The molecule has 30 heavy (non-hydrogen) atoms. The molecule has 0 spiro atoms. The number of benzene rings is 3. The van der Waals surface area contributed by atoms with Crippen LogP contribution in [-0.4, -0.2) is 29.6 Å². The van der Waals surface area contributed by atoms with E-state index >= 15 is 0 Å². The number of carbonyl (C=O) groups excluding carboxylic acids is 1. The summed E-state index contributed by atoms with van der Waals surface area (Å²) in [5, 5.41) is 11.7. The Labute approximate surface area is 172 Å². The van der Waals surface area contributed by atoms with Crippen LogP contribution in [0.15, 0.2) is 66.7 Å². The summed E-state index contributed by atoms with van der Waals surface area (Å²) >= 11 is 0. The Bertz CT molecular complexity index is 1210. The third-order valence-corrected chi connectivity index (χ3v) is 4.48. The van der Waals surface area contributed by atoms with Gasteiger partial charge in [-0.2, -0.15) is 5.26 Å². The molecule has 1 aromatic heterocycles. The maximum Gasteiger partial charge on any atom is 0.262 e. The van der Waals surface area contributed by atoms with Crippen molar-refractivity contribution in [2.24, 2.45) is 0 Å². The van der Waals surface area contributed by atoms with Gasteiger partial charge in [-0.3, -0.25) is 4.79 Å². The van der Waals surface area contributed by atoms with Gasteiger partial charge in [-0.15, -0.1) is 0 Å². The lowest BCUT2D eigenvalue weighted by Crippen LogP contribution is -2.20. The number of ether oxygens (including phenoxy) is 2. The minimum Gasteiger partial charge on any atom is -0.493 e. The fraction of sp³-hybridized carbons (Fsp3) is 0.0870. The number of anilines is 1. The topological polar surface area (TPSA) is 100 Å². The molecular formula is C23H18N4O3. The summed E-state index contributed by atoms with van der Waals surface area (Å²) in [5.41, 5.74) is 3.90. The number of nitriles is 1. The van der Waals surface area contributed by atoms with Gasteiger partial charge in [-0.05, 0) is 48.5 Å². The number of rotatable bonds is 6. The Morgan fingerprint density at radius 3 is 2.63 bits per heavy atom. The molecule has 0 aliphatic heterocycles. The number of hydrogen-bond donors (Lipinski definition) is 2. The van der Waals surface area contributed by atoms with Crippen LogP contribution in [0.25, 0.3) is 22.4 Å². The van der Waals surface area contributed by atoms with Crippen molar-refractivity contribution in [2.45, 2.75) is 0 Å². The molecule has 0 radical (unpaired) electrons. The Kier molecular flexibility index (Phi) is 5.31. The summed E-state index contributed by atoms with van der Waals surface area (Å²) in [4.78, 5) is 20.1. The average Bonchev–Trinajstić information content (AvgIpc) is 3.22. The van der Waals surface area contributed by atoms with Crippen LogP contribution >= 0.6 is 0 Å². The number of H-pyrrole nitrogens is 1. The number of fused-ring (bicyclic) bond motifs is 1. The van der Waals surface area contributed by atoms with Crippen LogP contribution in [0.3, 0.4) is 0 Å². The number of para-hydroxylation sites is 2. The minimum absolute atomic E-state index is 0.187. The summed E-state index contributed by atoms with van der Waals surface area (Å²) < 4.78 is 10.7. The first-order valence-electron chi connectivity index (χ1n) is 9.22. The molecule has 4 rings (SSSR count). The summed E-state index contributed by atoms with van der Waals surface area (Å²) in [7, 11) is 1.48. The molecule has 0 bridgehead atoms. The van der Waals surface area contributed by atoms with E-state index < -0.39 is 0 Å². The van der Waals surface area contributed by atoms with Crippen LogP contribution in [-0.2, 0) is 4.79 Å². The van der Waals surface area contributed by atoms with Gasteiger partial charge in [0.1, 0.15) is 5.82 Å². The molecule has 0 saturated heterocycles. The second kappa shape index (κ2) is 8.37. The third kappa shape index (κ3) is 4.08. The highest BCUT2D eigenvalue weighted by Crippen LogP contribution is 2.28. The molecule has 1 amide bonds. The molecule has 0 aliphatic carbocycles. The van der Waals surface area contributed by atoms with Crippen molar-refractivity contribution in [3.63, 3.8) is 0 Å². The van der Waals surface area contributed by atoms with Gasteiger partial charge in [-0.1, -0.05) is 12.1 Å². The molecule has 0 fully saturated rings. The number of nitrogens with one attached hydrogen (secondary N) is 2. The maximum absolute atomic E-state index is 12.2. The minimum atomic E-state index is -0.308. The number of carbonyl (C=O) groups is 1. The first kappa shape index (κ1) is 19.0. The molecule has 0 saturated carbocycles. The van der Waals surface area contributed by atoms with Gasteiger partial charge in [0.15, 0.2) is 18.1 Å². The molecule has 0 unspecified atom stereocenters. The highest BCUT2D eigenvalue weighted by molar-refractivity contribution is 5.92. The zero-order valence-electron chi connectivity index (χ0n) is 16.2. The average molecular weight is 398 g/mol. The van der Waals surface area contributed by atoms with Crippen molar-refractivity contribution in [1.29, 1.82) is 5.26 Å². The van der Waals surface area contributed by atoms with Crippen LogP contribution in [0.1, 0.15) is 5.56 Å². The number of amides is 1. The number of aromatic amines is 1. The van der Waals surface area contributed by atoms with Crippen molar-refractivity contribution in [3.05, 3.63) is 72.3 Å². The van der Waals surface area contributed by atoms with E-state index in [0.717, 1.165) is 22.4 Å². The van der Waals surface area contributed by atoms with E-state index in [1.165, 1.54) is 7.11 Å². The van der Waals surface area contributed by atoms with E-state index in [2.05, 4.69) is 15.3 Å². The van der Waals surface area contributed by atoms with E-state index in [9.17, 15) is 4.79 Å². The number of methoxy groups -OCH3 is 1. The quantitative estimate of drug-likeness (QED) is 0.509. The van der Waals surface area contributed by atoms with E-state index in [1.807, 2.05) is 54.6 Å². The standard InChI is InChI=1S/C23H18N4O3/c1-29-21-12-15(13-24)6-11-20(21)30-14-22(28)25-17-9-7-16(8-10-17)23-26-18-4-2-3-5-19(18)27-23/h2-12H,14H2,1H3,(H,25,28)(H,26,27). The molecular weight excluding hydrogens is 380 g/mol. The Balaban J connectivity index is 1.39. The number of aromatic nitrogens is 2. The number of nitrogens with zero attached hydrogens (tertiary/aromatic N) is 2. The zero-order valence-corrected chi connectivity index (χ0v) is 16.2. The van der Waals surface area contributed by atoms with Crippen LogP contribution in [0.5, 0.6) is 11.5 Å². The zero-order chi connectivity index (χ0) is 20.9. The smallest absolute Gasteiger partial charge is 0.262 e. The molecule has 0 aliphatic rings. The lowest BCUT2D eigenvalue weighted by Gasteiger charge is -2.11. The lowest BCUT2D eigenvalue weighted by molar-refractivity contribution is -0.118. The number of imidazole rings is 1. The van der Waals surface area contributed by atoms with E-state index in [0.29, 0.717) is 22.7 Å². The van der Waals surface area contributed by atoms with Crippen molar-refractivity contribution < 1.29 is 14.3 Å². The van der Waals surface area contributed by atoms with Gasteiger partial charge in [-0.25, -0.2) is 4.98 Å². The molecule has 3 aromatic carbocycles. The second-order valence-electron chi connectivity index (χ2n) is 6.49. The molecule has 148 valence electrons. The van der Waals surface area contributed by atoms with Crippen LogP contribution in [0.2, 0.25) is 0 Å². The van der Waals surface area contributed by atoms with Gasteiger partial charge < -0.3 is 19.8 Å². The molecule has 4 aromatic rings. The molecule has 7 nitrogen and oxygen atoms in total. The van der Waals surface area contributed by atoms with Gasteiger partial charge in [0, 0.05) is 17.3 Å². The summed E-state index contributed by atoms with van der Waals surface area (Å²) in [5.74, 6) is 1.26. The Hall–Kier alpha value is -4.31. The van der Waals surface area contributed by atoms with Gasteiger partial charge in [0.05, 0.1) is 29.8 Å². The van der Waals surface area contributed by atoms with Gasteiger partial charge >= 0.3 is 0 Å². The summed E-state index contributed by atoms with van der Waals surface area (Å²) in [6, 6.07) is 22.0. The largest absolute Gasteiger partial charge is 0.493 e.